The monoisotopic (exact) mass is 314 g/mol. The van der Waals surface area contributed by atoms with Crippen LogP contribution in [0, 0.1) is 0 Å². The molecule has 1 N–H and O–H groups in total. The van der Waals surface area contributed by atoms with Gasteiger partial charge in [0.2, 0.25) is 5.95 Å². The molecule has 17 heavy (non-hydrogen) atoms. The van der Waals surface area contributed by atoms with Crippen molar-refractivity contribution in [1.82, 2.24) is 15.0 Å². The number of halogens is 1. The van der Waals surface area contributed by atoms with Crippen LogP contribution in [0.5, 0.6) is 0 Å². The molecule has 0 atom stereocenters. The van der Waals surface area contributed by atoms with Gasteiger partial charge in [0.25, 0.3) is 10.0 Å². The van der Waals surface area contributed by atoms with Gasteiger partial charge in [0.15, 0.2) is 0 Å². The zero-order chi connectivity index (χ0) is 12.3. The van der Waals surface area contributed by atoms with Gasteiger partial charge in [0.05, 0.1) is 0 Å². The number of hydrogen-bond donors (Lipinski definition) is 1. The third-order valence-electron chi connectivity index (χ3n) is 1.78. The third kappa shape index (κ3) is 2.98. The number of aromatic nitrogens is 3. The average molecular weight is 315 g/mol. The summed E-state index contributed by atoms with van der Waals surface area (Å²) in [5, 5.41) is 0. The molecule has 8 heteroatoms. The van der Waals surface area contributed by atoms with Gasteiger partial charge in [-0.05, 0) is 28.1 Å². The molecule has 0 aliphatic heterocycles. The van der Waals surface area contributed by atoms with E-state index in [4.69, 9.17) is 0 Å². The molecule has 0 radical (unpaired) electrons. The van der Waals surface area contributed by atoms with E-state index in [1.165, 1.54) is 30.9 Å². The molecule has 0 bridgehead atoms. The largest absolute Gasteiger partial charge is 0.265 e. The molecule has 88 valence electrons. The molecule has 0 unspecified atom stereocenters. The topological polar surface area (TPSA) is 84.8 Å². The van der Waals surface area contributed by atoms with Crippen LogP contribution >= 0.6 is 15.9 Å². The molecule has 2 aromatic heterocycles. The lowest BCUT2D eigenvalue weighted by molar-refractivity contribution is 0.600. The maximum absolute atomic E-state index is 11.9. The minimum absolute atomic E-state index is 0.0208. The molecule has 0 spiro atoms. The lowest BCUT2D eigenvalue weighted by Crippen LogP contribution is -2.15. The number of rotatable bonds is 3. The Bertz CT molecular complexity index is 618. The summed E-state index contributed by atoms with van der Waals surface area (Å²) in [4.78, 5) is 11.4. The highest BCUT2D eigenvalue weighted by molar-refractivity contribution is 9.10. The van der Waals surface area contributed by atoms with Crippen LogP contribution in [0.25, 0.3) is 0 Å². The normalized spacial score (nSPS) is 11.1. The summed E-state index contributed by atoms with van der Waals surface area (Å²) in [5.74, 6) is 0.0208. The van der Waals surface area contributed by atoms with Gasteiger partial charge in [0, 0.05) is 29.3 Å². The maximum atomic E-state index is 11.9. The summed E-state index contributed by atoms with van der Waals surface area (Å²) in [5.41, 5.74) is 0. The molecule has 0 aliphatic rings. The van der Waals surface area contributed by atoms with Crippen molar-refractivity contribution in [2.24, 2.45) is 0 Å². The molecule has 0 amide bonds. The first-order chi connectivity index (χ1) is 8.08. The second-order valence-electron chi connectivity index (χ2n) is 3.02. The molecule has 2 rings (SSSR count). The van der Waals surface area contributed by atoms with Crippen molar-refractivity contribution < 1.29 is 8.42 Å². The minimum atomic E-state index is -3.70. The van der Waals surface area contributed by atoms with E-state index in [1.54, 1.807) is 6.07 Å². The van der Waals surface area contributed by atoms with Crippen molar-refractivity contribution in [2.75, 3.05) is 4.72 Å². The molecule has 2 heterocycles. The lowest BCUT2D eigenvalue weighted by atomic mass is 10.5. The summed E-state index contributed by atoms with van der Waals surface area (Å²) >= 11 is 3.15. The highest BCUT2D eigenvalue weighted by atomic mass is 79.9. The highest BCUT2D eigenvalue weighted by Gasteiger charge is 2.15. The van der Waals surface area contributed by atoms with Gasteiger partial charge in [-0.15, -0.1) is 0 Å². The van der Waals surface area contributed by atoms with Gasteiger partial charge in [-0.1, -0.05) is 0 Å². The predicted molar refractivity (Wildman–Crippen MR) is 64.8 cm³/mol. The van der Waals surface area contributed by atoms with E-state index in [-0.39, 0.29) is 10.8 Å². The first-order valence-electron chi connectivity index (χ1n) is 4.48. The number of sulfonamides is 1. The Morgan fingerprint density at radius 3 is 2.53 bits per heavy atom. The fourth-order valence-electron chi connectivity index (χ4n) is 1.07. The highest BCUT2D eigenvalue weighted by Crippen LogP contribution is 2.16. The molecular weight excluding hydrogens is 308 g/mol. The second kappa shape index (κ2) is 4.76. The average Bonchev–Trinajstić information content (AvgIpc) is 2.30. The van der Waals surface area contributed by atoms with Crippen molar-refractivity contribution in [3.63, 3.8) is 0 Å². The Morgan fingerprint density at radius 1 is 1.18 bits per heavy atom. The second-order valence-corrected chi connectivity index (χ2v) is 5.61. The third-order valence-corrected chi connectivity index (χ3v) is 3.51. The van der Waals surface area contributed by atoms with Crippen LogP contribution in [0.15, 0.2) is 46.3 Å². The van der Waals surface area contributed by atoms with Crippen molar-refractivity contribution in [3.8, 4) is 0 Å². The van der Waals surface area contributed by atoms with Crippen LogP contribution < -0.4 is 4.72 Å². The summed E-state index contributed by atoms with van der Waals surface area (Å²) < 4.78 is 26.6. The van der Waals surface area contributed by atoms with Crippen LogP contribution in [-0.4, -0.2) is 23.4 Å². The van der Waals surface area contributed by atoms with Gasteiger partial charge < -0.3 is 0 Å². The number of pyridine rings is 1. The van der Waals surface area contributed by atoms with E-state index in [0.717, 1.165) is 0 Å². The summed E-state index contributed by atoms with van der Waals surface area (Å²) in [6, 6.07) is 3.04. The summed E-state index contributed by atoms with van der Waals surface area (Å²) in [6.45, 7) is 0. The Kier molecular flexibility index (Phi) is 3.34. The van der Waals surface area contributed by atoms with Crippen LogP contribution in [0.4, 0.5) is 5.95 Å². The summed E-state index contributed by atoms with van der Waals surface area (Å²) in [7, 11) is -3.70. The van der Waals surface area contributed by atoms with Gasteiger partial charge >= 0.3 is 0 Å². The van der Waals surface area contributed by atoms with Crippen molar-refractivity contribution in [1.29, 1.82) is 0 Å². The summed E-state index contributed by atoms with van der Waals surface area (Å²) in [6.07, 6.45) is 5.64. The van der Waals surface area contributed by atoms with E-state index in [1.807, 2.05) is 0 Å². The Morgan fingerprint density at radius 2 is 1.88 bits per heavy atom. The van der Waals surface area contributed by atoms with Gasteiger partial charge in [-0.2, -0.15) is 0 Å². The molecular formula is C9H7BrN4O2S. The van der Waals surface area contributed by atoms with E-state index >= 15 is 0 Å². The Balaban J connectivity index is 2.32. The zero-order valence-corrected chi connectivity index (χ0v) is 10.8. The SMILES string of the molecule is O=S(=O)(Nc1ncccn1)c1cncc(Br)c1. The van der Waals surface area contributed by atoms with Crippen LogP contribution in [0.2, 0.25) is 0 Å². The van der Waals surface area contributed by atoms with E-state index < -0.39 is 10.0 Å². The Labute approximate surface area is 106 Å². The first-order valence-corrected chi connectivity index (χ1v) is 6.76. The quantitative estimate of drug-likeness (QED) is 0.926. The van der Waals surface area contributed by atoms with Crippen LogP contribution in [-0.2, 0) is 10.0 Å². The van der Waals surface area contributed by atoms with Gasteiger partial charge in [-0.25, -0.2) is 23.1 Å². The van der Waals surface area contributed by atoms with Crippen LogP contribution in [0.3, 0.4) is 0 Å². The maximum Gasteiger partial charge on any atom is 0.265 e. The molecule has 2 aromatic rings. The molecule has 6 nitrogen and oxygen atoms in total. The van der Waals surface area contributed by atoms with E-state index in [2.05, 4.69) is 35.6 Å². The predicted octanol–water partition coefficient (Wildman–Crippen LogP) is 1.43. The van der Waals surface area contributed by atoms with Crippen LogP contribution in [0.1, 0.15) is 0 Å². The minimum Gasteiger partial charge on any atom is -0.262 e. The number of nitrogens with zero attached hydrogens (tertiary/aromatic N) is 3. The number of anilines is 1. The standard InChI is InChI=1S/C9H7BrN4O2S/c10-7-4-8(6-11-5-7)17(15,16)14-9-12-2-1-3-13-9/h1-6H,(H,12,13,14). The number of hydrogen-bond acceptors (Lipinski definition) is 5. The van der Waals surface area contributed by atoms with Gasteiger partial charge in [0.1, 0.15) is 4.90 Å². The molecule has 0 aliphatic carbocycles. The molecule has 0 aromatic carbocycles. The fraction of sp³-hybridized carbons (Fsp3) is 0. The Hall–Kier alpha value is -1.54. The zero-order valence-electron chi connectivity index (χ0n) is 8.41. The van der Waals surface area contributed by atoms with Crippen molar-refractivity contribution >= 4 is 31.9 Å². The van der Waals surface area contributed by atoms with Crippen molar-refractivity contribution in [2.45, 2.75) is 4.90 Å². The molecule has 0 fully saturated rings. The van der Waals surface area contributed by atoms with E-state index in [0.29, 0.717) is 4.47 Å². The van der Waals surface area contributed by atoms with E-state index in [9.17, 15) is 8.42 Å². The smallest absolute Gasteiger partial charge is 0.262 e. The number of nitrogens with one attached hydrogen (secondary N) is 1. The fourth-order valence-corrected chi connectivity index (χ4v) is 2.53. The first kappa shape index (κ1) is 11.9. The molecule has 0 saturated carbocycles. The lowest BCUT2D eigenvalue weighted by Gasteiger charge is -2.05. The molecule has 0 saturated heterocycles. The van der Waals surface area contributed by atoms with Gasteiger partial charge in [-0.3, -0.25) is 4.98 Å². The van der Waals surface area contributed by atoms with Crippen molar-refractivity contribution in [3.05, 3.63) is 41.4 Å².